The lowest BCUT2D eigenvalue weighted by atomic mass is 9.93. The summed E-state index contributed by atoms with van der Waals surface area (Å²) >= 11 is 0. The predicted molar refractivity (Wildman–Crippen MR) is 115 cm³/mol. The smallest absolute Gasteiger partial charge is 0.397 e. The Hall–Kier alpha value is -1.92. The molecule has 0 saturated heterocycles. The van der Waals surface area contributed by atoms with Crippen molar-refractivity contribution in [3.63, 3.8) is 0 Å². The molecule has 0 aliphatic carbocycles. The molecular formula is C23H35NO5. The minimum Gasteiger partial charge on any atom is -0.450 e. The normalized spacial score (nSPS) is 14.1. The molecule has 0 bridgehead atoms. The maximum atomic E-state index is 12.3. The number of methoxy groups -OCH3 is 1. The second-order valence-corrected chi connectivity index (χ2v) is 7.83. The lowest BCUT2D eigenvalue weighted by molar-refractivity contribution is -0.0925. The van der Waals surface area contributed by atoms with Crippen LogP contribution in [0.3, 0.4) is 0 Å². The Balaban J connectivity index is 2.00. The predicted octanol–water partition coefficient (Wildman–Crippen LogP) is 5.05. The van der Waals surface area contributed by atoms with E-state index in [1.807, 2.05) is 19.1 Å². The zero-order valence-electron chi connectivity index (χ0n) is 18.7. The van der Waals surface area contributed by atoms with E-state index in [2.05, 4.69) is 32.7 Å². The Labute approximate surface area is 173 Å². The average molecular weight is 406 g/mol. The minimum absolute atomic E-state index is 0.00662. The quantitative estimate of drug-likeness (QED) is 0.492. The Morgan fingerprint density at radius 1 is 1.07 bits per heavy atom. The average Bonchev–Trinajstić information content (AvgIpc) is 2.72. The fourth-order valence-electron chi connectivity index (χ4n) is 3.44. The van der Waals surface area contributed by atoms with Crippen LogP contribution >= 0.6 is 0 Å². The second-order valence-electron chi connectivity index (χ2n) is 7.83. The zero-order chi connectivity index (χ0) is 21.5. The maximum Gasteiger partial charge on any atom is 0.397 e. The van der Waals surface area contributed by atoms with Gasteiger partial charge in [-0.2, -0.15) is 4.98 Å². The summed E-state index contributed by atoms with van der Waals surface area (Å²) in [6, 6.07) is 5.52. The molecule has 2 aromatic rings. The van der Waals surface area contributed by atoms with Crippen LogP contribution < -0.4 is 10.4 Å². The summed E-state index contributed by atoms with van der Waals surface area (Å²) in [5.74, 6) is 0. The van der Waals surface area contributed by atoms with Crippen molar-refractivity contribution in [2.45, 2.75) is 77.9 Å². The van der Waals surface area contributed by atoms with Crippen molar-refractivity contribution in [3.05, 3.63) is 34.2 Å². The molecular weight excluding hydrogens is 370 g/mol. The van der Waals surface area contributed by atoms with Crippen LogP contribution in [0.2, 0.25) is 0 Å². The Morgan fingerprint density at radius 3 is 2.41 bits per heavy atom. The first-order valence-electron chi connectivity index (χ1n) is 10.5. The number of hydrogen-bond acceptors (Lipinski definition) is 6. The molecule has 6 heteroatoms. The van der Waals surface area contributed by atoms with Gasteiger partial charge in [0.25, 0.3) is 0 Å². The van der Waals surface area contributed by atoms with Gasteiger partial charge in [-0.1, -0.05) is 32.9 Å². The summed E-state index contributed by atoms with van der Waals surface area (Å²) in [6.07, 6.45) is 4.21. The molecule has 2 rings (SSSR count). The van der Waals surface area contributed by atoms with Crippen molar-refractivity contribution >= 4 is 10.9 Å². The number of fused-ring (bicyclic) bond motifs is 1. The van der Waals surface area contributed by atoms with Gasteiger partial charge in [-0.25, -0.2) is 4.79 Å². The number of ether oxygens (including phenoxy) is 3. The fraction of sp³-hybridized carbons (Fsp3) is 0.652. The molecule has 162 valence electrons. The summed E-state index contributed by atoms with van der Waals surface area (Å²) < 4.78 is 22.9. The van der Waals surface area contributed by atoms with Crippen molar-refractivity contribution < 1.29 is 18.6 Å². The van der Waals surface area contributed by atoms with E-state index in [9.17, 15) is 4.79 Å². The van der Waals surface area contributed by atoms with Crippen molar-refractivity contribution in [1.29, 1.82) is 0 Å². The summed E-state index contributed by atoms with van der Waals surface area (Å²) in [5.41, 5.74) is 0.559. The van der Waals surface area contributed by atoms with E-state index >= 15 is 0 Å². The fourth-order valence-corrected chi connectivity index (χ4v) is 3.44. The molecule has 0 spiro atoms. The van der Waals surface area contributed by atoms with Gasteiger partial charge in [0.2, 0.25) is 0 Å². The molecule has 6 nitrogen and oxygen atoms in total. The van der Waals surface area contributed by atoms with Crippen molar-refractivity contribution in [2.75, 3.05) is 20.3 Å². The van der Waals surface area contributed by atoms with Crippen LogP contribution in [0.5, 0.6) is 6.08 Å². The largest absolute Gasteiger partial charge is 0.450 e. The molecule has 0 radical (unpaired) electrons. The van der Waals surface area contributed by atoms with E-state index < -0.39 is 5.63 Å². The molecule has 0 aliphatic rings. The molecule has 0 fully saturated rings. The molecule has 29 heavy (non-hydrogen) atoms. The lowest BCUT2D eigenvalue weighted by Crippen LogP contribution is -2.36. The molecule has 0 amide bonds. The monoisotopic (exact) mass is 405 g/mol. The van der Waals surface area contributed by atoms with Gasteiger partial charge in [-0.3, -0.25) is 0 Å². The summed E-state index contributed by atoms with van der Waals surface area (Å²) in [6.45, 7) is 11.3. The number of nitrogens with zero attached hydrogens (tertiary/aromatic N) is 1. The van der Waals surface area contributed by atoms with Crippen LogP contribution in [0.4, 0.5) is 0 Å². The first-order valence-corrected chi connectivity index (χ1v) is 10.5. The molecule has 1 heterocycles. The molecule has 0 N–H and O–H groups in total. The van der Waals surface area contributed by atoms with Gasteiger partial charge in [0.1, 0.15) is 0 Å². The molecule has 1 aromatic heterocycles. The van der Waals surface area contributed by atoms with Crippen LogP contribution in [0.25, 0.3) is 10.9 Å². The SMILES string of the molecule is CCC(C)(CCOC(CC)(CC)CCOc1nc2cccc(C)c2c(=O)o1)OC. The zero-order valence-corrected chi connectivity index (χ0v) is 18.7. The van der Waals surface area contributed by atoms with Gasteiger partial charge < -0.3 is 18.6 Å². The number of hydrogen-bond donors (Lipinski definition) is 0. The third-order valence-electron chi connectivity index (χ3n) is 6.20. The van der Waals surface area contributed by atoms with Gasteiger partial charge in [0.15, 0.2) is 0 Å². The maximum absolute atomic E-state index is 12.3. The highest BCUT2D eigenvalue weighted by Crippen LogP contribution is 2.28. The Bertz CT molecular complexity index is 837. The van der Waals surface area contributed by atoms with E-state index in [0.29, 0.717) is 30.5 Å². The molecule has 1 unspecified atom stereocenters. The third-order valence-corrected chi connectivity index (χ3v) is 6.20. The Morgan fingerprint density at radius 2 is 1.79 bits per heavy atom. The number of benzene rings is 1. The van der Waals surface area contributed by atoms with E-state index in [0.717, 1.165) is 31.2 Å². The van der Waals surface area contributed by atoms with Gasteiger partial charge in [-0.05, 0) is 51.2 Å². The molecule has 0 aliphatic heterocycles. The van der Waals surface area contributed by atoms with Gasteiger partial charge in [-0.15, -0.1) is 0 Å². The van der Waals surface area contributed by atoms with E-state index in [1.54, 1.807) is 13.2 Å². The minimum atomic E-state index is -0.421. The van der Waals surface area contributed by atoms with E-state index in [4.69, 9.17) is 18.6 Å². The van der Waals surface area contributed by atoms with Crippen molar-refractivity contribution in [3.8, 4) is 6.08 Å². The van der Waals surface area contributed by atoms with Gasteiger partial charge in [0, 0.05) is 13.5 Å². The summed E-state index contributed by atoms with van der Waals surface area (Å²) in [7, 11) is 1.75. The Kier molecular flexibility index (Phi) is 8.23. The van der Waals surface area contributed by atoms with Crippen LogP contribution in [0, 0.1) is 6.92 Å². The first-order chi connectivity index (χ1) is 13.8. The van der Waals surface area contributed by atoms with Crippen LogP contribution in [-0.4, -0.2) is 36.5 Å². The lowest BCUT2D eigenvalue weighted by Gasteiger charge is -2.34. The molecule has 1 atom stereocenters. The van der Waals surface area contributed by atoms with E-state index in [1.165, 1.54) is 0 Å². The highest BCUT2D eigenvalue weighted by Gasteiger charge is 2.29. The van der Waals surface area contributed by atoms with Crippen LogP contribution in [-0.2, 0) is 9.47 Å². The summed E-state index contributed by atoms with van der Waals surface area (Å²) in [4.78, 5) is 16.6. The van der Waals surface area contributed by atoms with Crippen LogP contribution in [0.1, 0.15) is 65.4 Å². The van der Waals surface area contributed by atoms with E-state index in [-0.39, 0.29) is 17.3 Å². The highest BCUT2D eigenvalue weighted by molar-refractivity contribution is 5.80. The first kappa shape index (κ1) is 23.4. The number of aryl methyl sites for hydroxylation is 1. The standard InChI is InChI=1S/C23H35NO5/c1-7-22(5,26-6)13-16-28-23(8-2,9-3)14-15-27-21-24-18-12-10-11-17(4)19(18)20(25)29-21/h10-12H,7-9,13-16H2,1-6H3. The van der Waals surface area contributed by atoms with Crippen LogP contribution in [0.15, 0.2) is 27.4 Å². The van der Waals surface area contributed by atoms with Crippen molar-refractivity contribution in [2.24, 2.45) is 0 Å². The highest BCUT2D eigenvalue weighted by atomic mass is 16.6. The second kappa shape index (κ2) is 10.2. The number of rotatable bonds is 12. The third kappa shape index (κ3) is 5.80. The van der Waals surface area contributed by atoms with Crippen molar-refractivity contribution in [1.82, 2.24) is 4.98 Å². The molecule has 1 aromatic carbocycles. The summed E-state index contributed by atoms with van der Waals surface area (Å²) in [5, 5.41) is 0.497. The van der Waals surface area contributed by atoms with Gasteiger partial charge >= 0.3 is 11.7 Å². The number of aromatic nitrogens is 1. The topological polar surface area (TPSA) is 70.8 Å². The van der Waals surface area contributed by atoms with Gasteiger partial charge in [0.05, 0.1) is 35.3 Å². The molecule has 0 saturated carbocycles.